The summed E-state index contributed by atoms with van der Waals surface area (Å²) in [6.45, 7) is 5.24. The van der Waals surface area contributed by atoms with E-state index < -0.39 is 0 Å². The summed E-state index contributed by atoms with van der Waals surface area (Å²) in [5, 5.41) is 3.39. The van der Waals surface area contributed by atoms with Crippen LogP contribution in [0.4, 0.5) is 0 Å². The molecule has 2 unspecified atom stereocenters. The molecular formula is C12H16BrNO. The van der Waals surface area contributed by atoms with Gasteiger partial charge in [0.25, 0.3) is 0 Å². The largest absolute Gasteiger partial charge is 0.354 e. The van der Waals surface area contributed by atoms with Crippen molar-refractivity contribution in [1.82, 2.24) is 5.32 Å². The van der Waals surface area contributed by atoms with Crippen molar-refractivity contribution in [2.75, 3.05) is 6.54 Å². The van der Waals surface area contributed by atoms with Crippen LogP contribution in [0.25, 0.3) is 0 Å². The molecule has 2 rings (SSSR count). The monoisotopic (exact) mass is 269 g/mol. The molecule has 0 aromatic heterocycles. The molecule has 0 aliphatic carbocycles. The summed E-state index contributed by atoms with van der Waals surface area (Å²) in [6.07, 6.45) is 0.393. The van der Waals surface area contributed by atoms with E-state index in [1.165, 1.54) is 5.56 Å². The molecule has 1 saturated heterocycles. The molecule has 2 atom stereocenters. The maximum atomic E-state index is 5.92. The van der Waals surface area contributed by atoms with Crippen molar-refractivity contribution in [1.29, 1.82) is 0 Å². The predicted octanol–water partition coefficient (Wildman–Crippen LogP) is 3.09. The molecule has 0 radical (unpaired) electrons. The summed E-state index contributed by atoms with van der Waals surface area (Å²) in [5.74, 6) is 0.519. The topological polar surface area (TPSA) is 21.3 Å². The Morgan fingerprint density at radius 3 is 2.53 bits per heavy atom. The number of hydrogen-bond donors (Lipinski definition) is 1. The zero-order valence-electron chi connectivity index (χ0n) is 9.03. The van der Waals surface area contributed by atoms with Crippen molar-refractivity contribution >= 4 is 15.9 Å². The van der Waals surface area contributed by atoms with E-state index in [0.717, 1.165) is 11.0 Å². The molecule has 82 valence electrons. The molecule has 0 saturated carbocycles. The van der Waals surface area contributed by atoms with Crippen molar-refractivity contribution in [3.8, 4) is 0 Å². The molecule has 1 aliphatic heterocycles. The lowest BCUT2D eigenvalue weighted by molar-refractivity contribution is 0.0136. The van der Waals surface area contributed by atoms with Gasteiger partial charge in [-0.15, -0.1) is 0 Å². The summed E-state index contributed by atoms with van der Waals surface area (Å²) in [6, 6.07) is 8.33. The number of hydrogen-bond acceptors (Lipinski definition) is 2. The van der Waals surface area contributed by atoms with Gasteiger partial charge in [0.05, 0.1) is 6.10 Å². The van der Waals surface area contributed by atoms with Crippen LogP contribution in [0, 0.1) is 5.92 Å². The van der Waals surface area contributed by atoms with Crippen molar-refractivity contribution in [2.24, 2.45) is 5.92 Å². The first-order chi connectivity index (χ1) is 7.16. The molecule has 2 nitrogen and oxygen atoms in total. The number of benzene rings is 1. The normalized spacial score (nSPS) is 26.1. The van der Waals surface area contributed by atoms with E-state index in [0.29, 0.717) is 5.92 Å². The Morgan fingerprint density at radius 2 is 2.00 bits per heavy atom. The molecule has 1 aromatic rings. The summed E-state index contributed by atoms with van der Waals surface area (Å²) >= 11 is 3.43. The van der Waals surface area contributed by atoms with E-state index in [4.69, 9.17) is 4.74 Å². The minimum absolute atomic E-state index is 0.193. The Hall–Kier alpha value is -0.380. The van der Waals surface area contributed by atoms with Gasteiger partial charge in [0.2, 0.25) is 0 Å². The lowest BCUT2D eigenvalue weighted by Crippen LogP contribution is -2.27. The van der Waals surface area contributed by atoms with Crippen molar-refractivity contribution in [2.45, 2.75) is 26.2 Å². The second-order valence-corrected chi connectivity index (χ2v) is 5.16. The predicted molar refractivity (Wildman–Crippen MR) is 64.6 cm³/mol. The van der Waals surface area contributed by atoms with Gasteiger partial charge >= 0.3 is 0 Å². The van der Waals surface area contributed by atoms with Crippen LogP contribution >= 0.6 is 15.9 Å². The van der Waals surface area contributed by atoms with Gasteiger partial charge in [-0.25, -0.2) is 0 Å². The third-order valence-corrected chi connectivity index (χ3v) is 3.19. The lowest BCUT2D eigenvalue weighted by Gasteiger charge is -2.15. The second-order valence-electron chi connectivity index (χ2n) is 4.25. The highest BCUT2D eigenvalue weighted by Crippen LogP contribution is 2.26. The molecule has 0 spiro atoms. The molecular weight excluding hydrogens is 254 g/mol. The molecule has 1 aromatic carbocycles. The molecule has 0 amide bonds. The summed E-state index contributed by atoms with van der Waals surface area (Å²) in [7, 11) is 0. The van der Waals surface area contributed by atoms with Gasteiger partial charge in [0, 0.05) is 11.0 Å². The van der Waals surface area contributed by atoms with E-state index in [2.05, 4.69) is 59.4 Å². The van der Waals surface area contributed by atoms with Gasteiger partial charge in [0.15, 0.2) is 0 Å². The van der Waals surface area contributed by atoms with Crippen LogP contribution in [0.1, 0.15) is 25.5 Å². The van der Waals surface area contributed by atoms with Gasteiger partial charge < -0.3 is 4.74 Å². The highest BCUT2D eigenvalue weighted by Gasteiger charge is 2.27. The summed E-state index contributed by atoms with van der Waals surface area (Å²) < 4.78 is 7.03. The van der Waals surface area contributed by atoms with Crippen LogP contribution in [-0.4, -0.2) is 12.8 Å². The van der Waals surface area contributed by atoms with Crippen molar-refractivity contribution in [3.63, 3.8) is 0 Å². The van der Waals surface area contributed by atoms with E-state index in [1.807, 2.05) is 0 Å². The molecule has 3 heteroatoms. The minimum atomic E-state index is 0.193. The quantitative estimate of drug-likeness (QED) is 0.891. The fourth-order valence-corrected chi connectivity index (χ4v) is 2.03. The van der Waals surface area contributed by atoms with E-state index in [-0.39, 0.29) is 12.3 Å². The van der Waals surface area contributed by atoms with Crippen LogP contribution in [0.2, 0.25) is 0 Å². The van der Waals surface area contributed by atoms with Gasteiger partial charge in [-0.2, -0.15) is 0 Å². The SMILES string of the molecule is CC(C)C1NCC(c2ccc(Br)cc2)O1. The fraction of sp³-hybridized carbons (Fsp3) is 0.500. The Labute approximate surface area is 99.1 Å². The fourth-order valence-electron chi connectivity index (χ4n) is 1.76. The average Bonchev–Trinajstić information content (AvgIpc) is 2.68. The maximum absolute atomic E-state index is 5.92. The minimum Gasteiger partial charge on any atom is -0.354 e. The Kier molecular flexibility index (Phi) is 3.44. The number of ether oxygens (including phenoxy) is 1. The Balaban J connectivity index is 2.04. The standard InChI is InChI=1S/C12H16BrNO/c1-8(2)12-14-7-11(15-12)9-3-5-10(13)6-4-9/h3-6,8,11-12,14H,7H2,1-2H3. The summed E-state index contributed by atoms with van der Waals surface area (Å²) in [5.41, 5.74) is 1.24. The number of halogens is 1. The van der Waals surface area contributed by atoms with E-state index in [1.54, 1.807) is 0 Å². The molecule has 1 heterocycles. The first kappa shape index (κ1) is 11.1. The highest BCUT2D eigenvalue weighted by atomic mass is 79.9. The van der Waals surface area contributed by atoms with Gasteiger partial charge in [0.1, 0.15) is 6.23 Å². The van der Waals surface area contributed by atoms with Crippen LogP contribution < -0.4 is 5.32 Å². The molecule has 1 fully saturated rings. The third kappa shape index (κ3) is 2.60. The first-order valence-electron chi connectivity index (χ1n) is 5.31. The first-order valence-corrected chi connectivity index (χ1v) is 6.10. The Bertz CT molecular complexity index is 323. The number of nitrogens with one attached hydrogen (secondary N) is 1. The van der Waals surface area contributed by atoms with Crippen LogP contribution in [0.15, 0.2) is 28.7 Å². The number of rotatable bonds is 2. The smallest absolute Gasteiger partial charge is 0.111 e. The lowest BCUT2D eigenvalue weighted by atomic mass is 10.1. The van der Waals surface area contributed by atoms with E-state index in [9.17, 15) is 0 Å². The zero-order valence-corrected chi connectivity index (χ0v) is 10.6. The van der Waals surface area contributed by atoms with Crippen LogP contribution in [0.3, 0.4) is 0 Å². The molecule has 1 aliphatic rings. The molecule has 1 N–H and O–H groups in total. The van der Waals surface area contributed by atoms with Crippen molar-refractivity contribution < 1.29 is 4.74 Å². The molecule has 15 heavy (non-hydrogen) atoms. The van der Waals surface area contributed by atoms with Gasteiger partial charge in [-0.3, -0.25) is 5.32 Å². The van der Waals surface area contributed by atoms with Crippen LogP contribution in [-0.2, 0) is 4.74 Å². The highest BCUT2D eigenvalue weighted by molar-refractivity contribution is 9.10. The Morgan fingerprint density at radius 1 is 1.33 bits per heavy atom. The van der Waals surface area contributed by atoms with Gasteiger partial charge in [-0.1, -0.05) is 41.9 Å². The zero-order chi connectivity index (χ0) is 10.8. The summed E-state index contributed by atoms with van der Waals surface area (Å²) in [4.78, 5) is 0. The van der Waals surface area contributed by atoms with Crippen molar-refractivity contribution in [3.05, 3.63) is 34.3 Å². The molecule has 0 bridgehead atoms. The maximum Gasteiger partial charge on any atom is 0.111 e. The van der Waals surface area contributed by atoms with Gasteiger partial charge in [-0.05, 0) is 23.6 Å². The second kappa shape index (κ2) is 4.64. The van der Waals surface area contributed by atoms with Crippen LogP contribution in [0.5, 0.6) is 0 Å². The average molecular weight is 270 g/mol. The third-order valence-electron chi connectivity index (χ3n) is 2.66. The van der Waals surface area contributed by atoms with E-state index >= 15 is 0 Å².